The van der Waals surface area contributed by atoms with Gasteiger partial charge in [0.1, 0.15) is 13.5 Å². The Balaban J connectivity index is 2.13. The van der Waals surface area contributed by atoms with Gasteiger partial charge in [-0.05, 0) is 17.2 Å². The lowest BCUT2D eigenvalue weighted by atomic mass is 10.0. The van der Waals surface area contributed by atoms with Crippen molar-refractivity contribution >= 4 is 11.5 Å². The van der Waals surface area contributed by atoms with Gasteiger partial charge in [0.15, 0.2) is 5.78 Å². The molecular weight excluding hydrogens is 266 g/mol. The monoisotopic (exact) mass is 283 g/mol. The van der Waals surface area contributed by atoms with Crippen molar-refractivity contribution in [2.75, 3.05) is 32.6 Å². The smallest absolute Gasteiger partial charge is 0.196 e. The molecule has 0 atom stereocenters. The second-order valence-corrected chi connectivity index (χ2v) is 4.95. The number of carbonyl (C=O) groups is 1. The number of benzene rings is 2. The third kappa shape index (κ3) is 2.22. The van der Waals surface area contributed by atoms with Crippen molar-refractivity contribution in [3.05, 3.63) is 53.6 Å². The lowest BCUT2D eigenvalue weighted by molar-refractivity contribution is 0.104. The Morgan fingerprint density at radius 2 is 1.48 bits per heavy atom. The average molecular weight is 283 g/mol. The second-order valence-electron chi connectivity index (χ2n) is 4.95. The highest BCUT2D eigenvalue weighted by Crippen LogP contribution is 2.41. The highest BCUT2D eigenvalue weighted by Gasteiger charge is 2.30. The molecule has 3 rings (SSSR count). The Morgan fingerprint density at radius 1 is 0.857 bits per heavy atom. The van der Waals surface area contributed by atoms with Crippen LogP contribution in [0, 0.1) is 0 Å². The summed E-state index contributed by atoms with van der Waals surface area (Å²) < 4.78 is 10.4. The van der Waals surface area contributed by atoms with Crippen molar-refractivity contribution < 1.29 is 14.3 Å². The van der Waals surface area contributed by atoms with Gasteiger partial charge in [-0.15, -0.1) is 0 Å². The molecule has 2 aromatic carbocycles. The Bertz CT molecular complexity index is 675. The first-order valence-corrected chi connectivity index (χ1v) is 6.78. The van der Waals surface area contributed by atoms with Crippen LogP contribution in [0.25, 0.3) is 11.1 Å². The molecule has 4 nitrogen and oxygen atoms in total. The van der Waals surface area contributed by atoms with Crippen molar-refractivity contribution in [1.29, 1.82) is 0 Å². The number of nitrogens with zero attached hydrogens (tertiary/aromatic N) is 1. The molecule has 1 aliphatic carbocycles. The van der Waals surface area contributed by atoms with Crippen LogP contribution in [0.4, 0.5) is 5.69 Å². The summed E-state index contributed by atoms with van der Waals surface area (Å²) in [5.41, 5.74) is 4.30. The van der Waals surface area contributed by atoms with E-state index in [-0.39, 0.29) is 5.78 Å². The van der Waals surface area contributed by atoms with E-state index in [2.05, 4.69) is 0 Å². The number of hydrogen-bond acceptors (Lipinski definition) is 4. The summed E-state index contributed by atoms with van der Waals surface area (Å²) >= 11 is 0. The summed E-state index contributed by atoms with van der Waals surface area (Å²) in [5.74, 6) is 0.0633. The highest BCUT2D eigenvalue weighted by molar-refractivity contribution is 6.24. The van der Waals surface area contributed by atoms with Gasteiger partial charge in [0.2, 0.25) is 0 Å². The third-order valence-electron chi connectivity index (χ3n) is 3.64. The lowest BCUT2D eigenvalue weighted by Crippen LogP contribution is -2.29. The highest BCUT2D eigenvalue weighted by atomic mass is 16.5. The number of ketones is 1. The van der Waals surface area contributed by atoms with Crippen molar-refractivity contribution in [2.24, 2.45) is 0 Å². The van der Waals surface area contributed by atoms with E-state index in [1.54, 1.807) is 14.2 Å². The molecule has 0 saturated heterocycles. The largest absolute Gasteiger partial charge is 0.364 e. The van der Waals surface area contributed by atoms with Crippen molar-refractivity contribution in [3.63, 3.8) is 0 Å². The predicted molar refractivity (Wildman–Crippen MR) is 81.5 cm³/mol. The van der Waals surface area contributed by atoms with Gasteiger partial charge in [0.05, 0.1) is 11.3 Å². The summed E-state index contributed by atoms with van der Waals surface area (Å²) in [4.78, 5) is 14.6. The van der Waals surface area contributed by atoms with Crippen LogP contribution in [0.5, 0.6) is 0 Å². The van der Waals surface area contributed by atoms with E-state index < -0.39 is 0 Å². The van der Waals surface area contributed by atoms with E-state index in [1.807, 2.05) is 47.4 Å². The van der Waals surface area contributed by atoms with Crippen LogP contribution in [-0.4, -0.2) is 33.5 Å². The molecule has 0 fully saturated rings. The fraction of sp³-hybridized carbons (Fsp3) is 0.235. The quantitative estimate of drug-likeness (QED) is 0.675. The SMILES string of the molecule is COCN(COC)c1cccc2c1C(=O)c1ccccc1-2. The minimum atomic E-state index is 0.0633. The van der Waals surface area contributed by atoms with Crippen LogP contribution < -0.4 is 4.90 Å². The number of anilines is 1. The molecule has 0 saturated carbocycles. The van der Waals surface area contributed by atoms with E-state index in [9.17, 15) is 4.79 Å². The lowest BCUT2D eigenvalue weighted by Gasteiger charge is -2.24. The number of methoxy groups -OCH3 is 2. The first kappa shape index (κ1) is 13.8. The summed E-state index contributed by atoms with van der Waals surface area (Å²) in [7, 11) is 3.25. The maximum Gasteiger partial charge on any atom is 0.196 e. The minimum absolute atomic E-state index is 0.0633. The van der Waals surface area contributed by atoms with Crippen LogP contribution in [0.2, 0.25) is 0 Å². The zero-order valence-electron chi connectivity index (χ0n) is 12.1. The fourth-order valence-electron chi connectivity index (χ4n) is 2.81. The summed E-state index contributed by atoms with van der Waals surface area (Å²) in [6.45, 7) is 0.738. The summed E-state index contributed by atoms with van der Waals surface area (Å²) in [6, 6.07) is 13.6. The van der Waals surface area contributed by atoms with Gasteiger partial charge in [-0.3, -0.25) is 4.79 Å². The van der Waals surface area contributed by atoms with E-state index >= 15 is 0 Å². The van der Waals surface area contributed by atoms with Gasteiger partial charge in [-0.25, -0.2) is 0 Å². The van der Waals surface area contributed by atoms with Gasteiger partial charge < -0.3 is 14.4 Å². The van der Waals surface area contributed by atoms with E-state index in [0.717, 1.165) is 27.9 Å². The van der Waals surface area contributed by atoms with Gasteiger partial charge in [0.25, 0.3) is 0 Å². The Labute approximate surface area is 123 Å². The number of hydrogen-bond donors (Lipinski definition) is 0. The topological polar surface area (TPSA) is 38.8 Å². The molecule has 0 amide bonds. The minimum Gasteiger partial charge on any atom is -0.364 e. The molecule has 2 aromatic rings. The molecule has 0 heterocycles. The molecular formula is C17H17NO3. The van der Waals surface area contributed by atoms with Crippen LogP contribution in [0.1, 0.15) is 15.9 Å². The predicted octanol–water partition coefficient (Wildman–Crippen LogP) is 2.91. The Morgan fingerprint density at radius 3 is 2.14 bits per heavy atom. The van der Waals surface area contributed by atoms with Gasteiger partial charge >= 0.3 is 0 Å². The van der Waals surface area contributed by atoms with Crippen LogP contribution >= 0.6 is 0 Å². The molecule has 0 spiro atoms. The van der Waals surface area contributed by atoms with E-state index in [4.69, 9.17) is 9.47 Å². The van der Waals surface area contributed by atoms with Gasteiger partial charge in [-0.2, -0.15) is 0 Å². The van der Waals surface area contributed by atoms with Crippen LogP contribution in [-0.2, 0) is 9.47 Å². The standard InChI is InChI=1S/C17H17NO3/c1-20-10-18(11-21-2)15-9-5-8-13-12-6-3-4-7-14(12)17(19)16(13)15/h3-9H,10-11H2,1-2H3. The maximum absolute atomic E-state index is 12.7. The Hall–Kier alpha value is -2.17. The Kier molecular flexibility index (Phi) is 3.73. The number of carbonyl (C=O) groups excluding carboxylic acids is 1. The van der Waals surface area contributed by atoms with Crippen molar-refractivity contribution in [1.82, 2.24) is 0 Å². The molecule has 0 aromatic heterocycles. The maximum atomic E-state index is 12.7. The molecule has 108 valence electrons. The van der Waals surface area contributed by atoms with E-state index in [1.165, 1.54) is 0 Å². The molecule has 21 heavy (non-hydrogen) atoms. The summed E-state index contributed by atoms with van der Waals surface area (Å²) in [6.07, 6.45) is 0. The molecule has 0 N–H and O–H groups in total. The number of rotatable bonds is 5. The molecule has 4 heteroatoms. The first-order valence-electron chi connectivity index (χ1n) is 6.78. The average Bonchev–Trinajstić information content (AvgIpc) is 2.81. The molecule has 0 unspecified atom stereocenters. The first-order chi connectivity index (χ1) is 10.3. The molecule has 0 bridgehead atoms. The third-order valence-corrected chi connectivity index (χ3v) is 3.64. The zero-order chi connectivity index (χ0) is 14.8. The zero-order valence-corrected chi connectivity index (χ0v) is 12.1. The van der Waals surface area contributed by atoms with Crippen molar-refractivity contribution in [2.45, 2.75) is 0 Å². The van der Waals surface area contributed by atoms with Gasteiger partial charge in [-0.1, -0.05) is 36.4 Å². The van der Waals surface area contributed by atoms with Crippen LogP contribution in [0.15, 0.2) is 42.5 Å². The van der Waals surface area contributed by atoms with Gasteiger partial charge in [0, 0.05) is 19.8 Å². The summed E-state index contributed by atoms with van der Waals surface area (Å²) in [5, 5.41) is 0. The molecule has 0 radical (unpaired) electrons. The van der Waals surface area contributed by atoms with E-state index in [0.29, 0.717) is 13.5 Å². The number of fused-ring (bicyclic) bond motifs is 3. The van der Waals surface area contributed by atoms with Crippen LogP contribution in [0.3, 0.4) is 0 Å². The molecule has 0 aliphatic heterocycles. The molecule has 1 aliphatic rings. The normalized spacial score (nSPS) is 12.2. The number of ether oxygens (including phenoxy) is 2. The second kappa shape index (κ2) is 5.68. The fourth-order valence-corrected chi connectivity index (χ4v) is 2.81. The van der Waals surface area contributed by atoms with Crippen molar-refractivity contribution in [3.8, 4) is 11.1 Å².